The smallest absolute Gasteiger partial charge is 0.239 e. The maximum Gasteiger partial charge on any atom is 0.239 e. The summed E-state index contributed by atoms with van der Waals surface area (Å²) in [5.74, 6) is -0.902. The van der Waals surface area contributed by atoms with E-state index in [0.29, 0.717) is 25.7 Å². The lowest BCUT2D eigenvalue weighted by molar-refractivity contribution is -0.128. The highest BCUT2D eigenvalue weighted by Crippen LogP contribution is 1.98. The Hall–Kier alpha value is -2.16. The summed E-state index contributed by atoms with van der Waals surface area (Å²) in [4.78, 5) is 37.9. The van der Waals surface area contributed by atoms with E-state index in [4.69, 9.17) is 17.2 Å². The van der Waals surface area contributed by atoms with Gasteiger partial charge in [0.2, 0.25) is 11.8 Å². The van der Waals surface area contributed by atoms with Crippen molar-refractivity contribution in [2.24, 2.45) is 28.1 Å². The highest BCUT2D eigenvalue weighted by atomic mass is 16.2. The Morgan fingerprint density at radius 1 is 1.27 bits per heavy atom. The normalized spacial score (nSPS) is 13.1. The topological polar surface area (TPSA) is 166 Å². The molecule has 22 heavy (non-hydrogen) atoms. The summed E-state index contributed by atoms with van der Waals surface area (Å²) < 4.78 is 0. The molecule has 0 aromatic heterocycles. The van der Waals surface area contributed by atoms with Gasteiger partial charge in [0.1, 0.15) is 6.29 Å². The molecule has 0 spiro atoms. The van der Waals surface area contributed by atoms with E-state index in [1.54, 1.807) is 0 Å². The Kier molecular flexibility index (Phi) is 9.51. The Labute approximate surface area is 130 Å². The van der Waals surface area contributed by atoms with E-state index in [9.17, 15) is 14.4 Å². The number of guanidine groups is 1. The first-order valence-corrected chi connectivity index (χ1v) is 7.11. The van der Waals surface area contributed by atoms with Crippen LogP contribution in [0.3, 0.4) is 0 Å². The largest absolute Gasteiger partial charge is 0.370 e. The van der Waals surface area contributed by atoms with Crippen LogP contribution >= 0.6 is 0 Å². The van der Waals surface area contributed by atoms with E-state index in [-0.39, 0.29) is 18.4 Å². The Balaban J connectivity index is 4.08. The van der Waals surface area contributed by atoms with Gasteiger partial charge in [-0.05, 0) is 18.8 Å². The molecule has 0 aliphatic rings. The maximum atomic E-state index is 11.7. The Bertz CT molecular complexity index is 407. The average molecular weight is 314 g/mol. The number of hydrogen-bond donors (Lipinski definition) is 5. The number of carbonyl (C=O) groups excluding carboxylic acids is 3. The van der Waals surface area contributed by atoms with Crippen LogP contribution in [-0.4, -0.2) is 49.2 Å². The molecule has 0 aromatic rings. The van der Waals surface area contributed by atoms with Crippen molar-refractivity contribution in [1.82, 2.24) is 10.6 Å². The number of rotatable bonds is 10. The van der Waals surface area contributed by atoms with Crippen molar-refractivity contribution in [1.29, 1.82) is 0 Å². The second-order valence-corrected chi connectivity index (χ2v) is 5.25. The molecule has 126 valence electrons. The number of nitrogens with two attached hydrogens (primary N) is 3. The van der Waals surface area contributed by atoms with Crippen molar-refractivity contribution in [2.45, 2.75) is 38.8 Å². The van der Waals surface area contributed by atoms with Gasteiger partial charge in [-0.3, -0.25) is 14.6 Å². The molecule has 0 aliphatic heterocycles. The van der Waals surface area contributed by atoms with Crippen LogP contribution < -0.4 is 27.8 Å². The monoisotopic (exact) mass is 314 g/mol. The van der Waals surface area contributed by atoms with Crippen LogP contribution in [0.15, 0.2) is 4.99 Å². The number of aldehydes is 1. The first-order valence-electron chi connectivity index (χ1n) is 7.11. The molecule has 0 heterocycles. The lowest BCUT2D eigenvalue weighted by atomic mass is 10.1. The molecule has 0 fully saturated rings. The summed E-state index contributed by atoms with van der Waals surface area (Å²) in [6, 6.07) is -1.31. The second-order valence-electron chi connectivity index (χ2n) is 5.25. The summed E-state index contributed by atoms with van der Waals surface area (Å²) in [5.41, 5.74) is 16.0. The minimum Gasteiger partial charge on any atom is -0.370 e. The SMILES string of the molecule is CC(C)[C@H](N)C(=O)NCC(=O)NC(C=O)CCCN=C(N)N. The van der Waals surface area contributed by atoms with Gasteiger partial charge in [0.05, 0.1) is 18.6 Å². The molecule has 9 heteroatoms. The average Bonchev–Trinajstić information content (AvgIpc) is 2.46. The third kappa shape index (κ3) is 8.90. The predicted octanol–water partition coefficient (Wildman–Crippen LogP) is -2.18. The maximum absolute atomic E-state index is 11.7. The summed E-state index contributed by atoms with van der Waals surface area (Å²) in [7, 11) is 0. The third-order valence-electron chi connectivity index (χ3n) is 2.92. The molecular weight excluding hydrogens is 288 g/mol. The summed E-state index contributed by atoms with van der Waals surface area (Å²) in [5, 5.41) is 4.93. The zero-order chi connectivity index (χ0) is 17.1. The number of hydrogen-bond acceptors (Lipinski definition) is 5. The van der Waals surface area contributed by atoms with Gasteiger partial charge in [-0.2, -0.15) is 0 Å². The number of carbonyl (C=O) groups is 3. The first-order chi connectivity index (χ1) is 10.3. The summed E-state index contributed by atoms with van der Waals surface area (Å²) in [6.45, 7) is 3.77. The van der Waals surface area contributed by atoms with Gasteiger partial charge in [0.15, 0.2) is 5.96 Å². The lowest BCUT2D eigenvalue weighted by Crippen LogP contribution is -2.48. The van der Waals surface area contributed by atoms with E-state index in [2.05, 4.69) is 15.6 Å². The van der Waals surface area contributed by atoms with Gasteiger partial charge in [-0.1, -0.05) is 13.8 Å². The van der Waals surface area contributed by atoms with Gasteiger partial charge in [-0.15, -0.1) is 0 Å². The van der Waals surface area contributed by atoms with Crippen LogP contribution in [0, 0.1) is 5.92 Å². The molecule has 8 N–H and O–H groups in total. The molecule has 0 aromatic carbocycles. The lowest BCUT2D eigenvalue weighted by Gasteiger charge is -2.16. The van der Waals surface area contributed by atoms with Crippen LogP contribution in [-0.2, 0) is 14.4 Å². The minimum atomic E-state index is -0.672. The number of nitrogens with one attached hydrogen (secondary N) is 2. The van der Waals surface area contributed by atoms with E-state index < -0.39 is 23.9 Å². The molecular formula is C13H26N6O3. The molecule has 0 radical (unpaired) electrons. The fraction of sp³-hybridized carbons (Fsp3) is 0.692. The molecule has 1 unspecified atom stereocenters. The van der Waals surface area contributed by atoms with Gasteiger partial charge in [-0.25, -0.2) is 0 Å². The molecule has 0 saturated carbocycles. The Morgan fingerprint density at radius 3 is 2.41 bits per heavy atom. The zero-order valence-electron chi connectivity index (χ0n) is 13.0. The molecule has 0 aliphatic carbocycles. The number of amides is 2. The fourth-order valence-corrected chi connectivity index (χ4v) is 1.54. The van der Waals surface area contributed by atoms with Gasteiger partial charge >= 0.3 is 0 Å². The van der Waals surface area contributed by atoms with E-state index in [1.807, 2.05) is 13.8 Å². The quantitative estimate of drug-likeness (QED) is 0.133. The highest BCUT2D eigenvalue weighted by molar-refractivity contribution is 5.88. The van der Waals surface area contributed by atoms with Crippen LogP contribution in [0.1, 0.15) is 26.7 Å². The standard InChI is InChI=1S/C13H26N6O3/c1-8(2)11(14)12(22)18-6-10(21)19-9(7-20)4-3-5-17-13(15)16/h7-9,11H,3-6,14H2,1-2H3,(H,18,22)(H,19,21)(H4,15,16,17)/t9?,11-/m0/s1. The van der Waals surface area contributed by atoms with Crippen LogP contribution in [0.5, 0.6) is 0 Å². The van der Waals surface area contributed by atoms with Gasteiger partial charge in [0.25, 0.3) is 0 Å². The van der Waals surface area contributed by atoms with Crippen LogP contribution in [0.4, 0.5) is 0 Å². The third-order valence-corrected chi connectivity index (χ3v) is 2.92. The fourth-order valence-electron chi connectivity index (χ4n) is 1.54. The highest BCUT2D eigenvalue weighted by Gasteiger charge is 2.18. The minimum absolute atomic E-state index is 0.0177. The van der Waals surface area contributed by atoms with Gasteiger partial charge < -0.3 is 32.6 Å². The van der Waals surface area contributed by atoms with Gasteiger partial charge in [0, 0.05) is 6.54 Å². The van der Waals surface area contributed by atoms with Crippen molar-refractivity contribution in [3.63, 3.8) is 0 Å². The molecule has 0 bridgehead atoms. The molecule has 9 nitrogen and oxygen atoms in total. The van der Waals surface area contributed by atoms with E-state index in [1.165, 1.54) is 0 Å². The molecule has 2 amide bonds. The second kappa shape index (κ2) is 10.6. The zero-order valence-corrected chi connectivity index (χ0v) is 13.0. The van der Waals surface area contributed by atoms with Crippen molar-refractivity contribution in [2.75, 3.05) is 13.1 Å². The van der Waals surface area contributed by atoms with Crippen molar-refractivity contribution < 1.29 is 14.4 Å². The van der Waals surface area contributed by atoms with E-state index >= 15 is 0 Å². The summed E-state index contributed by atoms with van der Waals surface area (Å²) in [6.07, 6.45) is 1.59. The van der Waals surface area contributed by atoms with Crippen molar-refractivity contribution >= 4 is 24.1 Å². The first kappa shape index (κ1) is 19.8. The molecule has 0 saturated heterocycles. The number of aliphatic imine (C=N–C) groups is 1. The van der Waals surface area contributed by atoms with Crippen molar-refractivity contribution in [3.8, 4) is 0 Å². The van der Waals surface area contributed by atoms with E-state index in [0.717, 1.165) is 0 Å². The van der Waals surface area contributed by atoms with Crippen LogP contribution in [0.2, 0.25) is 0 Å². The molecule has 2 atom stereocenters. The molecule has 0 rings (SSSR count). The summed E-state index contributed by atoms with van der Waals surface area (Å²) >= 11 is 0. The Morgan fingerprint density at radius 2 is 1.91 bits per heavy atom. The number of nitrogens with zero attached hydrogens (tertiary/aromatic N) is 1. The van der Waals surface area contributed by atoms with Crippen molar-refractivity contribution in [3.05, 3.63) is 0 Å². The predicted molar refractivity (Wildman–Crippen MR) is 83.7 cm³/mol. The van der Waals surface area contributed by atoms with Crippen LogP contribution in [0.25, 0.3) is 0 Å².